The van der Waals surface area contributed by atoms with Gasteiger partial charge in [-0.3, -0.25) is 4.99 Å². The minimum atomic E-state index is 0.236. The van der Waals surface area contributed by atoms with Crippen molar-refractivity contribution in [2.45, 2.75) is 13.3 Å². The van der Waals surface area contributed by atoms with Crippen LogP contribution in [0.25, 0.3) is 11.3 Å². The molecule has 0 saturated carbocycles. The van der Waals surface area contributed by atoms with Crippen molar-refractivity contribution in [2.24, 2.45) is 10.1 Å². The van der Waals surface area contributed by atoms with Crippen LogP contribution in [0.4, 0.5) is 0 Å². The molecule has 8 heteroatoms. The van der Waals surface area contributed by atoms with Crippen LogP contribution in [0.3, 0.4) is 0 Å². The summed E-state index contributed by atoms with van der Waals surface area (Å²) < 4.78 is 24.0. The van der Waals surface area contributed by atoms with Gasteiger partial charge in [0.25, 0.3) is 0 Å². The molecule has 0 atom stereocenters. The number of thiazole rings is 1. The molecule has 36 heavy (non-hydrogen) atoms. The lowest BCUT2D eigenvalue weighted by molar-refractivity contribution is 0.174. The van der Waals surface area contributed by atoms with E-state index < -0.39 is 0 Å². The second kappa shape index (κ2) is 10.7. The van der Waals surface area contributed by atoms with Crippen molar-refractivity contribution in [3.63, 3.8) is 0 Å². The standard InChI is InChI=1S/C28H27N3O4S/c1-19(21-9-12-25-27(15-21)35-18-34-25)30-31-24(23-11-10-22(32-2)16-26(23)33-3)17-36-28(31)29-14-13-20-7-5-4-6-8-20/h4-12,15-17H,13-14,18H2,1-3H3. The number of fused-ring (bicyclic) bond motifs is 1. The van der Waals surface area contributed by atoms with Gasteiger partial charge in [0.05, 0.1) is 25.6 Å². The Morgan fingerprint density at radius 2 is 1.81 bits per heavy atom. The maximum absolute atomic E-state index is 5.69. The lowest BCUT2D eigenvalue weighted by atomic mass is 10.1. The molecule has 0 amide bonds. The van der Waals surface area contributed by atoms with Crippen molar-refractivity contribution >= 4 is 17.0 Å². The monoisotopic (exact) mass is 501 g/mol. The van der Waals surface area contributed by atoms with Crippen LogP contribution in [0.2, 0.25) is 0 Å². The zero-order valence-corrected chi connectivity index (χ0v) is 21.2. The second-order valence-electron chi connectivity index (χ2n) is 8.15. The van der Waals surface area contributed by atoms with Gasteiger partial charge in [0.2, 0.25) is 11.6 Å². The maximum atomic E-state index is 5.69. The first kappa shape index (κ1) is 23.7. The number of rotatable bonds is 8. The summed E-state index contributed by atoms with van der Waals surface area (Å²) in [6.45, 7) is 2.87. The number of nitrogens with zero attached hydrogens (tertiary/aromatic N) is 3. The molecular weight excluding hydrogens is 474 g/mol. The summed E-state index contributed by atoms with van der Waals surface area (Å²) in [5.74, 6) is 2.90. The fraction of sp³-hybridized carbons (Fsp3) is 0.214. The van der Waals surface area contributed by atoms with Crippen LogP contribution in [0.5, 0.6) is 23.0 Å². The van der Waals surface area contributed by atoms with E-state index in [2.05, 4.69) is 17.5 Å². The quantitative estimate of drug-likeness (QED) is 0.304. The fourth-order valence-corrected chi connectivity index (χ4v) is 4.80. The first-order valence-electron chi connectivity index (χ1n) is 11.6. The molecule has 0 unspecified atom stereocenters. The molecule has 4 aromatic rings. The number of hydrogen-bond acceptors (Lipinski definition) is 7. The van der Waals surface area contributed by atoms with E-state index in [1.54, 1.807) is 25.6 Å². The molecule has 0 spiro atoms. The first-order chi connectivity index (χ1) is 17.7. The van der Waals surface area contributed by atoms with E-state index in [9.17, 15) is 0 Å². The van der Waals surface area contributed by atoms with E-state index in [-0.39, 0.29) is 6.79 Å². The van der Waals surface area contributed by atoms with Gasteiger partial charge in [-0.05, 0) is 49.2 Å². The molecule has 0 radical (unpaired) electrons. The predicted octanol–water partition coefficient (Wildman–Crippen LogP) is 5.38. The van der Waals surface area contributed by atoms with Crippen LogP contribution in [0.15, 0.2) is 82.2 Å². The van der Waals surface area contributed by atoms with Gasteiger partial charge in [-0.1, -0.05) is 30.3 Å². The zero-order valence-electron chi connectivity index (χ0n) is 20.4. The molecule has 0 fully saturated rings. The first-order valence-corrected chi connectivity index (χ1v) is 12.5. The normalized spacial score (nSPS) is 13.2. The van der Waals surface area contributed by atoms with Gasteiger partial charge in [-0.2, -0.15) is 5.10 Å². The Morgan fingerprint density at radius 1 is 0.972 bits per heavy atom. The summed E-state index contributed by atoms with van der Waals surface area (Å²) in [6, 6.07) is 22.0. The fourth-order valence-electron chi connectivity index (χ4n) is 3.95. The Morgan fingerprint density at radius 3 is 2.61 bits per heavy atom. The molecule has 1 aliphatic rings. The van der Waals surface area contributed by atoms with Gasteiger partial charge < -0.3 is 18.9 Å². The maximum Gasteiger partial charge on any atom is 0.231 e. The molecule has 5 rings (SSSR count). The second-order valence-corrected chi connectivity index (χ2v) is 8.99. The Bertz CT molecular complexity index is 1460. The molecule has 0 N–H and O–H groups in total. The van der Waals surface area contributed by atoms with Crippen molar-refractivity contribution in [1.29, 1.82) is 0 Å². The number of hydrogen-bond donors (Lipinski definition) is 0. The predicted molar refractivity (Wildman–Crippen MR) is 142 cm³/mol. The third-order valence-electron chi connectivity index (χ3n) is 5.90. The average Bonchev–Trinajstić information content (AvgIpc) is 3.55. The van der Waals surface area contributed by atoms with E-state index in [4.69, 9.17) is 29.0 Å². The Balaban J connectivity index is 1.57. The molecule has 1 aliphatic heterocycles. The van der Waals surface area contributed by atoms with Crippen LogP contribution in [-0.2, 0) is 6.42 Å². The highest BCUT2D eigenvalue weighted by molar-refractivity contribution is 7.07. The highest BCUT2D eigenvalue weighted by atomic mass is 32.1. The van der Waals surface area contributed by atoms with E-state index in [1.165, 1.54) is 5.56 Å². The van der Waals surface area contributed by atoms with Crippen LogP contribution < -0.4 is 23.7 Å². The summed E-state index contributed by atoms with van der Waals surface area (Å²) in [6.07, 6.45) is 0.852. The van der Waals surface area contributed by atoms with Crippen molar-refractivity contribution < 1.29 is 18.9 Å². The van der Waals surface area contributed by atoms with Gasteiger partial charge in [0, 0.05) is 29.1 Å². The van der Waals surface area contributed by atoms with Crippen LogP contribution >= 0.6 is 11.3 Å². The number of methoxy groups -OCH3 is 2. The Hall–Kier alpha value is -4.04. The molecule has 0 aliphatic carbocycles. The molecule has 7 nitrogen and oxygen atoms in total. The SMILES string of the molecule is COc1ccc(-c2csc(=NCCc3ccccc3)n2N=C(C)c2ccc3c(c2)OCO3)c(OC)c1. The lowest BCUT2D eigenvalue weighted by Crippen LogP contribution is -2.15. The largest absolute Gasteiger partial charge is 0.497 e. The van der Waals surface area contributed by atoms with Crippen molar-refractivity contribution in [3.8, 4) is 34.3 Å². The molecule has 0 bridgehead atoms. The Labute approximate surface area is 213 Å². The molecule has 1 aromatic heterocycles. The summed E-state index contributed by atoms with van der Waals surface area (Å²) >= 11 is 1.55. The van der Waals surface area contributed by atoms with Gasteiger partial charge in [0.15, 0.2) is 11.5 Å². The third kappa shape index (κ3) is 4.99. The Kier molecular flexibility index (Phi) is 7.04. The van der Waals surface area contributed by atoms with Gasteiger partial charge >= 0.3 is 0 Å². The van der Waals surface area contributed by atoms with Gasteiger partial charge in [-0.15, -0.1) is 11.3 Å². The highest BCUT2D eigenvalue weighted by Gasteiger charge is 2.16. The highest BCUT2D eigenvalue weighted by Crippen LogP contribution is 2.35. The lowest BCUT2D eigenvalue weighted by Gasteiger charge is -2.12. The van der Waals surface area contributed by atoms with Crippen LogP contribution in [0.1, 0.15) is 18.1 Å². The molecule has 184 valence electrons. The van der Waals surface area contributed by atoms with E-state index in [0.29, 0.717) is 12.3 Å². The third-order valence-corrected chi connectivity index (χ3v) is 6.75. The van der Waals surface area contributed by atoms with E-state index >= 15 is 0 Å². The zero-order chi connectivity index (χ0) is 24.9. The average molecular weight is 502 g/mol. The van der Waals surface area contributed by atoms with Gasteiger partial charge in [0.1, 0.15) is 11.5 Å². The molecule has 3 aromatic carbocycles. The minimum Gasteiger partial charge on any atom is -0.497 e. The number of ether oxygens (including phenoxy) is 4. The topological polar surface area (TPSA) is 66.6 Å². The van der Waals surface area contributed by atoms with Crippen LogP contribution in [-0.4, -0.2) is 37.9 Å². The smallest absolute Gasteiger partial charge is 0.231 e. The van der Waals surface area contributed by atoms with Gasteiger partial charge in [-0.25, -0.2) is 4.68 Å². The molecular formula is C28H27N3O4S. The van der Waals surface area contributed by atoms with E-state index in [0.717, 1.165) is 51.0 Å². The van der Waals surface area contributed by atoms with Crippen molar-refractivity contribution in [2.75, 3.05) is 27.6 Å². The van der Waals surface area contributed by atoms with E-state index in [1.807, 2.05) is 66.2 Å². The molecule has 2 heterocycles. The number of benzene rings is 3. The van der Waals surface area contributed by atoms with Crippen molar-refractivity contribution in [3.05, 3.63) is 88.0 Å². The minimum absolute atomic E-state index is 0.236. The summed E-state index contributed by atoms with van der Waals surface area (Å²) in [5, 5.41) is 7.06. The number of aromatic nitrogens is 1. The van der Waals surface area contributed by atoms with Crippen molar-refractivity contribution in [1.82, 2.24) is 4.68 Å². The van der Waals surface area contributed by atoms with Crippen LogP contribution in [0, 0.1) is 0 Å². The summed E-state index contributed by atoms with van der Waals surface area (Å²) in [5.41, 5.74) is 4.81. The summed E-state index contributed by atoms with van der Waals surface area (Å²) in [7, 11) is 3.29. The molecule has 0 saturated heterocycles. The summed E-state index contributed by atoms with van der Waals surface area (Å²) in [4.78, 5) is 5.71.